The largest absolute Gasteiger partial charge is 0.419 e. The summed E-state index contributed by atoms with van der Waals surface area (Å²) in [5.74, 6) is 1.24. The van der Waals surface area contributed by atoms with E-state index in [2.05, 4.69) is 40.6 Å². The zero-order valence-electron chi connectivity index (χ0n) is 13.1. The molecule has 0 unspecified atom stereocenters. The number of hydrogen-bond donors (Lipinski definition) is 1. The Hall–Kier alpha value is -1.94. The molecule has 0 radical (unpaired) electrons. The van der Waals surface area contributed by atoms with Crippen LogP contribution < -0.4 is 5.32 Å². The summed E-state index contributed by atoms with van der Waals surface area (Å²) in [6.07, 6.45) is 8.72. The van der Waals surface area contributed by atoms with Crippen molar-refractivity contribution in [1.82, 2.24) is 15.5 Å². The Balaban J connectivity index is 1.47. The third kappa shape index (κ3) is 4.04. The molecule has 0 aliphatic heterocycles. The molecular weight excluding hydrogens is 274 g/mol. The number of benzene rings is 1. The van der Waals surface area contributed by atoms with Crippen molar-refractivity contribution in [3.8, 4) is 11.5 Å². The first kappa shape index (κ1) is 15.0. The van der Waals surface area contributed by atoms with Gasteiger partial charge in [0, 0.05) is 5.56 Å². The molecule has 0 saturated carbocycles. The fourth-order valence-corrected chi connectivity index (χ4v) is 2.71. The number of nitrogens with zero attached hydrogens (tertiary/aromatic N) is 2. The van der Waals surface area contributed by atoms with Gasteiger partial charge in [0.05, 0.1) is 6.54 Å². The molecule has 0 saturated heterocycles. The lowest BCUT2D eigenvalue weighted by Gasteiger charge is -2.12. The van der Waals surface area contributed by atoms with E-state index in [1.54, 1.807) is 5.57 Å². The molecule has 0 fully saturated rings. The number of rotatable bonds is 6. The van der Waals surface area contributed by atoms with Gasteiger partial charge in [0.25, 0.3) is 0 Å². The lowest BCUT2D eigenvalue weighted by atomic mass is 9.97. The summed E-state index contributed by atoms with van der Waals surface area (Å²) in [4.78, 5) is 0. The smallest absolute Gasteiger partial charge is 0.247 e. The molecule has 1 N–H and O–H groups in total. The van der Waals surface area contributed by atoms with E-state index in [0.29, 0.717) is 18.3 Å². The van der Waals surface area contributed by atoms with Gasteiger partial charge in [0.1, 0.15) is 0 Å². The summed E-state index contributed by atoms with van der Waals surface area (Å²) in [6.45, 7) is 3.66. The highest BCUT2D eigenvalue weighted by Crippen LogP contribution is 2.20. The second kappa shape index (κ2) is 7.36. The van der Waals surface area contributed by atoms with E-state index in [1.165, 1.54) is 31.2 Å². The first-order valence-electron chi connectivity index (χ1n) is 8.09. The van der Waals surface area contributed by atoms with Crippen LogP contribution >= 0.6 is 0 Å². The molecule has 0 bridgehead atoms. The maximum atomic E-state index is 5.70. The Labute approximate surface area is 131 Å². The Morgan fingerprint density at radius 1 is 1.14 bits per heavy atom. The zero-order chi connectivity index (χ0) is 15.2. The molecule has 4 nitrogen and oxygen atoms in total. The molecule has 2 aromatic rings. The van der Waals surface area contributed by atoms with Gasteiger partial charge in [-0.1, -0.05) is 29.3 Å². The topological polar surface area (TPSA) is 51.0 Å². The number of aryl methyl sites for hydroxylation is 1. The number of hydrogen-bond acceptors (Lipinski definition) is 4. The van der Waals surface area contributed by atoms with Crippen LogP contribution in [0.5, 0.6) is 0 Å². The summed E-state index contributed by atoms with van der Waals surface area (Å²) in [5, 5.41) is 11.6. The average Bonchev–Trinajstić information content (AvgIpc) is 3.02. The van der Waals surface area contributed by atoms with E-state index >= 15 is 0 Å². The van der Waals surface area contributed by atoms with Crippen LogP contribution in [0.2, 0.25) is 0 Å². The maximum Gasteiger partial charge on any atom is 0.247 e. The van der Waals surface area contributed by atoms with Gasteiger partial charge in [0.2, 0.25) is 11.8 Å². The van der Waals surface area contributed by atoms with Gasteiger partial charge < -0.3 is 9.73 Å². The predicted molar refractivity (Wildman–Crippen MR) is 87.3 cm³/mol. The zero-order valence-corrected chi connectivity index (χ0v) is 13.1. The second-order valence-corrected chi connectivity index (χ2v) is 5.90. The summed E-state index contributed by atoms with van der Waals surface area (Å²) in [5.41, 5.74) is 3.78. The van der Waals surface area contributed by atoms with Crippen LogP contribution in [-0.4, -0.2) is 16.7 Å². The molecule has 1 aromatic carbocycles. The van der Waals surface area contributed by atoms with E-state index in [1.807, 2.05) is 12.1 Å². The highest BCUT2D eigenvalue weighted by atomic mass is 16.4. The highest BCUT2D eigenvalue weighted by molar-refractivity contribution is 5.52. The Morgan fingerprint density at radius 3 is 2.77 bits per heavy atom. The molecule has 22 heavy (non-hydrogen) atoms. The molecule has 3 rings (SSSR count). The van der Waals surface area contributed by atoms with Gasteiger partial charge in [-0.15, -0.1) is 10.2 Å². The molecule has 0 amide bonds. The first-order chi connectivity index (χ1) is 10.8. The summed E-state index contributed by atoms with van der Waals surface area (Å²) in [7, 11) is 0. The number of aromatic nitrogens is 2. The van der Waals surface area contributed by atoms with E-state index in [-0.39, 0.29) is 0 Å². The minimum absolute atomic E-state index is 0.590. The first-order valence-corrected chi connectivity index (χ1v) is 8.09. The summed E-state index contributed by atoms with van der Waals surface area (Å²) in [6, 6.07) is 8.12. The van der Waals surface area contributed by atoms with Crippen LogP contribution in [0.3, 0.4) is 0 Å². The second-order valence-electron chi connectivity index (χ2n) is 5.90. The third-order valence-electron chi connectivity index (χ3n) is 4.05. The SMILES string of the molecule is Cc1ccc(-c2nnc(CNCCC3=CCCCC3)o2)cc1. The Bertz CT molecular complexity index is 628. The van der Waals surface area contributed by atoms with Crippen LogP contribution in [0.15, 0.2) is 40.3 Å². The average molecular weight is 297 g/mol. The Morgan fingerprint density at radius 2 is 2.00 bits per heavy atom. The van der Waals surface area contributed by atoms with Crippen molar-refractivity contribution in [3.63, 3.8) is 0 Å². The van der Waals surface area contributed by atoms with Crippen LogP contribution in [0.4, 0.5) is 0 Å². The van der Waals surface area contributed by atoms with Crippen molar-refractivity contribution in [1.29, 1.82) is 0 Å². The molecule has 1 aromatic heterocycles. The van der Waals surface area contributed by atoms with Gasteiger partial charge in [-0.2, -0.15) is 0 Å². The maximum absolute atomic E-state index is 5.70. The molecule has 116 valence electrons. The van der Waals surface area contributed by atoms with Crippen molar-refractivity contribution in [2.75, 3.05) is 6.54 Å². The van der Waals surface area contributed by atoms with Gasteiger partial charge in [-0.25, -0.2) is 0 Å². The standard InChI is InChI=1S/C18H23N3O/c1-14-7-9-16(10-8-14)18-21-20-17(22-18)13-19-12-11-15-5-3-2-4-6-15/h5,7-10,19H,2-4,6,11-13H2,1H3. The molecule has 0 spiro atoms. The quantitative estimate of drug-likeness (QED) is 0.646. The fourth-order valence-electron chi connectivity index (χ4n) is 2.71. The molecule has 4 heteroatoms. The van der Waals surface area contributed by atoms with Crippen LogP contribution in [0, 0.1) is 6.92 Å². The predicted octanol–water partition coefficient (Wildman–Crippen LogP) is 4.03. The van der Waals surface area contributed by atoms with E-state index in [0.717, 1.165) is 18.5 Å². The van der Waals surface area contributed by atoms with Gasteiger partial charge in [-0.3, -0.25) is 0 Å². The minimum Gasteiger partial charge on any atom is -0.419 e. The normalized spacial score (nSPS) is 14.9. The van der Waals surface area contributed by atoms with E-state index in [4.69, 9.17) is 4.42 Å². The van der Waals surface area contributed by atoms with E-state index in [9.17, 15) is 0 Å². The van der Waals surface area contributed by atoms with Crippen molar-refractivity contribution < 1.29 is 4.42 Å². The van der Waals surface area contributed by atoms with Crippen molar-refractivity contribution in [3.05, 3.63) is 47.4 Å². The fraction of sp³-hybridized carbons (Fsp3) is 0.444. The van der Waals surface area contributed by atoms with Crippen LogP contribution in [0.1, 0.15) is 43.6 Å². The monoisotopic (exact) mass is 297 g/mol. The van der Waals surface area contributed by atoms with Gasteiger partial charge in [0.15, 0.2) is 0 Å². The molecule has 1 heterocycles. The molecule has 1 aliphatic carbocycles. The number of nitrogens with one attached hydrogen (secondary N) is 1. The Kier molecular flexibility index (Phi) is 5.01. The summed E-state index contributed by atoms with van der Waals surface area (Å²) >= 11 is 0. The highest BCUT2D eigenvalue weighted by Gasteiger charge is 2.08. The van der Waals surface area contributed by atoms with Crippen molar-refractivity contribution in [2.45, 2.75) is 45.6 Å². The third-order valence-corrected chi connectivity index (χ3v) is 4.05. The molecule has 0 atom stereocenters. The summed E-state index contributed by atoms with van der Waals surface area (Å²) < 4.78 is 5.70. The van der Waals surface area contributed by atoms with Gasteiger partial charge >= 0.3 is 0 Å². The molecule has 1 aliphatic rings. The van der Waals surface area contributed by atoms with Crippen molar-refractivity contribution in [2.24, 2.45) is 0 Å². The lowest BCUT2D eigenvalue weighted by molar-refractivity contribution is 0.477. The number of allylic oxidation sites excluding steroid dienone is 1. The van der Waals surface area contributed by atoms with E-state index < -0.39 is 0 Å². The van der Waals surface area contributed by atoms with Gasteiger partial charge in [-0.05, 0) is 57.7 Å². The molecular formula is C18H23N3O. The minimum atomic E-state index is 0.590. The van der Waals surface area contributed by atoms with Crippen LogP contribution in [0.25, 0.3) is 11.5 Å². The lowest BCUT2D eigenvalue weighted by Crippen LogP contribution is -2.15. The van der Waals surface area contributed by atoms with Crippen molar-refractivity contribution >= 4 is 0 Å². The van der Waals surface area contributed by atoms with Crippen LogP contribution in [-0.2, 0) is 6.54 Å².